The monoisotopic (exact) mass is 238 g/mol. The molecule has 2 N–H and O–H groups in total. The number of nitrogens with zero attached hydrogens (tertiary/aromatic N) is 1. The topological polar surface area (TPSA) is 38.5 Å². The number of rotatable bonds is 4. The van der Waals surface area contributed by atoms with E-state index in [1.54, 1.807) is 6.07 Å². The van der Waals surface area contributed by atoms with E-state index in [0.717, 1.165) is 31.9 Å². The lowest BCUT2D eigenvalue weighted by molar-refractivity contribution is 0.181. The van der Waals surface area contributed by atoms with Gasteiger partial charge in [0.05, 0.1) is 6.61 Å². The minimum atomic E-state index is -0.216. The minimum Gasteiger partial charge on any atom is -0.381 e. The van der Waals surface area contributed by atoms with Gasteiger partial charge >= 0.3 is 0 Å². The summed E-state index contributed by atoms with van der Waals surface area (Å²) in [5, 5.41) is 0. The van der Waals surface area contributed by atoms with E-state index in [1.807, 2.05) is 18.0 Å². The van der Waals surface area contributed by atoms with Crippen LogP contribution in [0.25, 0.3) is 0 Å². The number of benzene rings is 1. The smallest absolute Gasteiger partial charge is 0.125 e. The molecule has 1 heterocycles. The molecule has 0 radical (unpaired) electrons. The largest absolute Gasteiger partial charge is 0.381 e. The van der Waals surface area contributed by atoms with E-state index in [-0.39, 0.29) is 11.9 Å². The van der Waals surface area contributed by atoms with Crippen LogP contribution in [0.3, 0.4) is 0 Å². The second kappa shape index (κ2) is 5.47. The average molecular weight is 238 g/mol. The van der Waals surface area contributed by atoms with Gasteiger partial charge in [-0.1, -0.05) is 6.07 Å². The molecular formula is C13H19FN2O. The van der Waals surface area contributed by atoms with Crippen LogP contribution in [0.1, 0.15) is 6.42 Å². The molecule has 1 aromatic rings. The van der Waals surface area contributed by atoms with Gasteiger partial charge in [0.25, 0.3) is 0 Å². The van der Waals surface area contributed by atoms with E-state index in [1.165, 1.54) is 12.1 Å². The van der Waals surface area contributed by atoms with Crippen molar-refractivity contribution < 1.29 is 9.13 Å². The third kappa shape index (κ3) is 3.17. The highest BCUT2D eigenvalue weighted by Crippen LogP contribution is 2.19. The molecule has 1 aliphatic rings. The maximum absolute atomic E-state index is 13.1. The van der Waals surface area contributed by atoms with Crippen LogP contribution in [0.4, 0.5) is 10.1 Å². The summed E-state index contributed by atoms with van der Waals surface area (Å²) >= 11 is 0. The molecule has 2 rings (SSSR count). The molecule has 4 heteroatoms. The van der Waals surface area contributed by atoms with Crippen LogP contribution >= 0.6 is 0 Å². The van der Waals surface area contributed by atoms with Crippen molar-refractivity contribution in [1.82, 2.24) is 0 Å². The normalized spacial score (nSPS) is 21.5. The van der Waals surface area contributed by atoms with Crippen molar-refractivity contribution >= 4 is 5.69 Å². The first-order chi connectivity index (χ1) is 8.16. The van der Waals surface area contributed by atoms with Crippen molar-refractivity contribution in [2.75, 3.05) is 31.7 Å². The van der Waals surface area contributed by atoms with E-state index in [9.17, 15) is 4.39 Å². The molecule has 0 aliphatic carbocycles. The number of ether oxygens (including phenoxy) is 1. The van der Waals surface area contributed by atoms with E-state index in [0.29, 0.717) is 5.92 Å². The maximum Gasteiger partial charge on any atom is 0.125 e. The van der Waals surface area contributed by atoms with Crippen LogP contribution in [0.5, 0.6) is 0 Å². The lowest BCUT2D eigenvalue weighted by Crippen LogP contribution is -2.41. The van der Waals surface area contributed by atoms with E-state index >= 15 is 0 Å². The van der Waals surface area contributed by atoms with Crippen LogP contribution in [-0.2, 0) is 4.74 Å². The van der Waals surface area contributed by atoms with Crippen molar-refractivity contribution in [1.29, 1.82) is 0 Å². The van der Waals surface area contributed by atoms with Crippen LogP contribution < -0.4 is 10.6 Å². The molecule has 0 spiro atoms. The summed E-state index contributed by atoms with van der Waals surface area (Å²) < 4.78 is 18.4. The fraction of sp³-hybridized carbons (Fsp3) is 0.538. The van der Waals surface area contributed by atoms with Gasteiger partial charge in [-0.05, 0) is 24.6 Å². The van der Waals surface area contributed by atoms with Crippen LogP contribution in [0.2, 0.25) is 0 Å². The molecular weight excluding hydrogens is 219 g/mol. The molecule has 94 valence electrons. The first-order valence-corrected chi connectivity index (χ1v) is 5.97. The van der Waals surface area contributed by atoms with E-state index < -0.39 is 0 Å². The molecule has 1 aliphatic heterocycles. The molecule has 17 heavy (non-hydrogen) atoms. The van der Waals surface area contributed by atoms with Gasteiger partial charge in [-0.3, -0.25) is 0 Å². The third-order valence-corrected chi connectivity index (χ3v) is 3.30. The Balaban J connectivity index is 1.93. The highest BCUT2D eigenvalue weighted by atomic mass is 19.1. The number of nitrogens with two attached hydrogens (primary N) is 1. The van der Waals surface area contributed by atoms with Crippen molar-refractivity contribution in [3.05, 3.63) is 30.1 Å². The van der Waals surface area contributed by atoms with Gasteiger partial charge in [0, 0.05) is 37.8 Å². The number of hydrogen-bond acceptors (Lipinski definition) is 3. The Morgan fingerprint density at radius 3 is 3.06 bits per heavy atom. The van der Waals surface area contributed by atoms with Crippen molar-refractivity contribution in [3.63, 3.8) is 0 Å². The maximum atomic E-state index is 13.1. The molecule has 2 atom stereocenters. The average Bonchev–Trinajstić information content (AvgIpc) is 2.82. The molecule has 1 saturated heterocycles. The lowest BCUT2D eigenvalue weighted by Gasteiger charge is -2.26. The summed E-state index contributed by atoms with van der Waals surface area (Å²) in [4.78, 5) is 1.99. The van der Waals surface area contributed by atoms with Crippen molar-refractivity contribution in [3.8, 4) is 0 Å². The number of anilines is 1. The number of likely N-dealkylation sites (N-methyl/N-ethyl adjacent to an activating group) is 1. The Hall–Kier alpha value is -1.13. The summed E-state index contributed by atoms with van der Waals surface area (Å²) in [5.41, 5.74) is 7.00. The Bertz CT molecular complexity index is 366. The molecule has 2 unspecified atom stereocenters. The number of halogens is 1. The summed E-state index contributed by atoms with van der Waals surface area (Å²) in [6.45, 7) is 2.28. The van der Waals surface area contributed by atoms with Crippen LogP contribution in [-0.4, -0.2) is 32.8 Å². The van der Waals surface area contributed by atoms with Gasteiger partial charge in [0.15, 0.2) is 0 Å². The Morgan fingerprint density at radius 2 is 2.41 bits per heavy atom. The van der Waals surface area contributed by atoms with E-state index in [2.05, 4.69) is 0 Å². The van der Waals surface area contributed by atoms with Gasteiger partial charge in [0.2, 0.25) is 0 Å². The van der Waals surface area contributed by atoms with Gasteiger partial charge in [-0.15, -0.1) is 0 Å². The molecule has 0 saturated carbocycles. The second-order valence-corrected chi connectivity index (χ2v) is 4.65. The van der Waals surface area contributed by atoms with Crippen molar-refractivity contribution in [2.24, 2.45) is 11.7 Å². The quantitative estimate of drug-likeness (QED) is 0.866. The zero-order valence-electron chi connectivity index (χ0n) is 10.1. The van der Waals surface area contributed by atoms with E-state index in [4.69, 9.17) is 10.5 Å². The fourth-order valence-electron chi connectivity index (χ4n) is 2.17. The Kier molecular flexibility index (Phi) is 3.97. The van der Waals surface area contributed by atoms with Gasteiger partial charge < -0.3 is 15.4 Å². The molecule has 0 bridgehead atoms. The number of hydrogen-bond donors (Lipinski definition) is 1. The predicted octanol–water partition coefficient (Wildman–Crippen LogP) is 1.63. The second-order valence-electron chi connectivity index (χ2n) is 4.65. The molecule has 1 fully saturated rings. The lowest BCUT2D eigenvalue weighted by atomic mass is 9.99. The summed E-state index contributed by atoms with van der Waals surface area (Å²) in [5.74, 6) is 0.207. The summed E-state index contributed by atoms with van der Waals surface area (Å²) in [7, 11) is 1.93. The molecule has 0 amide bonds. The Morgan fingerprint density at radius 1 is 1.59 bits per heavy atom. The zero-order chi connectivity index (χ0) is 12.3. The fourth-order valence-corrected chi connectivity index (χ4v) is 2.17. The summed E-state index contributed by atoms with van der Waals surface area (Å²) in [6.07, 6.45) is 1.03. The Labute approximate surface area is 101 Å². The molecule has 1 aromatic carbocycles. The van der Waals surface area contributed by atoms with Gasteiger partial charge in [-0.25, -0.2) is 4.39 Å². The van der Waals surface area contributed by atoms with Crippen LogP contribution in [0, 0.1) is 11.7 Å². The highest BCUT2D eigenvalue weighted by molar-refractivity contribution is 5.45. The standard InChI is InChI=1S/C13H19FN2O/c1-16(12-4-2-3-11(14)7-12)8-13(15)10-5-6-17-9-10/h2-4,7,10,13H,5-6,8-9,15H2,1H3. The highest BCUT2D eigenvalue weighted by Gasteiger charge is 2.23. The minimum absolute atomic E-state index is 0.0748. The predicted molar refractivity (Wildman–Crippen MR) is 66.6 cm³/mol. The summed E-state index contributed by atoms with van der Waals surface area (Å²) in [6, 6.07) is 6.65. The van der Waals surface area contributed by atoms with Gasteiger partial charge in [0.1, 0.15) is 5.82 Å². The van der Waals surface area contributed by atoms with Crippen LogP contribution in [0.15, 0.2) is 24.3 Å². The van der Waals surface area contributed by atoms with Gasteiger partial charge in [-0.2, -0.15) is 0 Å². The molecule has 0 aromatic heterocycles. The third-order valence-electron chi connectivity index (χ3n) is 3.30. The van der Waals surface area contributed by atoms with Crippen molar-refractivity contribution in [2.45, 2.75) is 12.5 Å². The molecule has 3 nitrogen and oxygen atoms in total. The first kappa shape index (κ1) is 12.3. The zero-order valence-corrected chi connectivity index (χ0v) is 10.1. The SMILES string of the molecule is CN(CC(N)C1CCOC1)c1cccc(F)c1. The first-order valence-electron chi connectivity index (χ1n) is 5.97.